The van der Waals surface area contributed by atoms with Gasteiger partial charge in [-0.25, -0.2) is 4.79 Å². The molecule has 1 aliphatic rings. The molecule has 1 N–H and O–H groups in total. The summed E-state index contributed by atoms with van der Waals surface area (Å²) in [5.41, 5.74) is 1.37. The molecule has 0 aliphatic carbocycles. The molecule has 0 fully saturated rings. The summed E-state index contributed by atoms with van der Waals surface area (Å²) in [6.45, 7) is 6.97. The lowest BCUT2D eigenvalue weighted by Gasteiger charge is -2.37. The van der Waals surface area contributed by atoms with Crippen LogP contribution in [0.25, 0.3) is 0 Å². The van der Waals surface area contributed by atoms with Gasteiger partial charge in [0.2, 0.25) is 5.91 Å². The van der Waals surface area contributed by atoms with Gasteiger partial charge < -0.3 is 10.1 Å². The number of nitrogens with zero attached hydrogens (tertiary/aromatic N) is 1. The van der Waals surface area contributed by atoms with Crippen LogP contribution in [0.2, 0.25) is 5.02 Å². The van der Waals surface area contributed by atoms with Gasteiger partial charge in [-0.1, -0.05) is 11.6 Å². The van der Waals surface area contributed by atoms with Crippen molar-refractivity contribution in [2.75, 3.05) is 10.2 Å². The number of carbonyl (C=O) groups excluding carboxylic acids is 2. The average molecular weight is 311 g/mol. The molecule has 0 spiro atoms. The summed E-state index contributed by atoms with van der Waals surface area (Å²) in [6.07, 6.45) is -0.222. The zero-order valence-electron chi connectivity index (χ0n) is 12.5. The summed E-state index contributed by atoms with van der Waals surface area (Å²) in [7, 11) is 0. The van der Waals surface area contributed by atoms with Crippen molar-refractivity contribution in [2.24, 2.45) is 0 Å². The third-order valence-corrected chi connectivity index (χ3v) is 3.51. The first-order valence-corrected chi connectivity index (χ1v) is 7.28. The summed E-state index contributed by atoms with van der Waals surface area (Å²) in [5, 5.41) is 3.66. The second-order valence-electron chi connectivity index (χ2n) is 5.40. The van der Waals surface area contributed by atoms with E-state index in [9.17, 15) is 9.59 Å². The molecule has 114 valence electrons. The van der Waals surface area contributed by atoms with Crippen LogP contribution in [0.1, 0.15) is 27.7 Å². The molecule has 5 nitrogen and oxygen atoms in total. The van der Waals surface area contributed by atoms with E-state index in [-0.39, 0.29) is 12.0 Å². The minimum absolute atomic E-state index is 0.168. The van der Waals surface area contributed by atoms with E-state index in [4.69, 9.17) is 16.3 Å². The largest absolute Gasteiger partial charge is 0.461 e. The van der Waals surface area contributed by atoms with E-state index >= 15 is 0 Å². The number of esters is 1. The SMILES string of the molecule is CC(C)OC(=O)C(C)N1C(=O)C(C)Nc2cc(Cl)ccc21. The Balaban J connectivity index is 2.38. The highest BCUT2D eigenvalue weighted by atomic mass is 35.5. The summed E-state index contributed by atoms with van der Waals surface area (Å²) in [4.78, 5) is 26.0. The van der Waals surface area contributed by atoms with Gasteiger partial charge in [0.1, 0.15) is 12.1 Å². The second kappa shape index (κ2) is 5.93. The second-order valence-corrected chi connectivity index (χ2v) is 5.83. The van der Waals surface area contributed by atoms with Crippen molar-refractivity contribution in [3.63, 3.8) is 0 Å². The van der Waals surface area contributed by atoms with Crippen molar-refractivity contribution in [2.45, 2.75) is 45.9 Å². The molecular formula is C15H19ClN2O3. The summed E-state index contributed by atoms with van der Waals surface area (Å²) >= 11 is 5.98. The number of hydrogen-bond donors (Lipinski definition) is 1. The Morgan fingerprint density at radius 1 is 1.38 bits per heavy atom. The van der Waals surface area contributed by atoms with Crippen molar-refractivity contribution in [1.29, 1.82) is 0 Å². The number of benzene rings is 1. The monoisotopic (exact) mass is 310 g/mol. The minimum Gasteiger partial charge on any atom is -0.461 e. The highest BCUT2D eigenvalue weighted by molar-refractivity contribution is 6.31. The fraction of sp³-hybridized carbons (Fsp3) is 0.467. The maximum absolute atomic E-state index is 12.4. The zero-order chi connectivity index (χ0) is 15.7. The number of ether oxygens (including phenoxy) is 1. The number of anilines is 2. The van der Waals surface area contributed by atoms with E-state index in [0.29, 0.717) is 10.7 Å². The molecule has 1 heterocycles. The lowest BCUT2D eigenvalue weighted by atomic mass is 10.1. The molecule has 0 saturated carbocycles. The summed E-state index contributed by atoms with van der Waals surface area (Å²) in [6, 6.07) is 4.05. The van der Waals surface area contributed by atoms with Crippen molar-refractivity contribution < 1.29 is 14.3 Å². The van der Waals surface area contributed by atoms with Crippen LogP contribution in [0.3, 0.4) is 0 Å². The Bertz CT molecular complexity index is 574. The number of amides is 1. The van der Waals surface area contributed by atoms with Crippen LogP contribution < -0.4 is 10.2 Å². The van der Waals surface area contributed by atoms with Gasteiger partial charge in [-0.15, -0.1) is 0 Å². The normalized spacial score (nSPS) is 19.0. The predicted octanol–water partition coefficient (Wildman–Crippen LogP) is 2.83. The van der Waals surface area contributed by atoms with Crippen LogP contribution in [0, 0.1) is 0 Å². The van der Waals surface area contributed by atoms with Gasteiger partial charge >= 0.3 is 5.97 Å². The molecule has 0 bridgehead atoms. The van der Waals surface area contributed by atoms with Gasteiger partial charge in [-0.05, 0) is 45.9 Å². The first-order chi connectivity index (χ1) is 9.81. The first kappa shape index (κ1) is 15.6. The fourth-order valence-corrected chi connectivity index (χ4v) is 2.46. The van der Waals surface area contributed by atoms with E-state index in [1.807, 2.05) is 0 Å². The lowest BCUT2D eigenvalue weighted by Crippen LogP contribution is -2.52. The van der Waals surface area contributed by atoms with Gasteiger partial charge in [0.25, 0.3) is 0 Å². The Hall–Kier alpha value is -1.75. The maximum Gasteiger partial charge on any atom is 0.329 e. The highest BCUT2D eigenvalue weighted by Gasteiger charge is 2.36. The highest BCUT2D eigenvalue weighted by Crippen LogP contribution is 2.35. The van der Waals surface area contributed by atoms with Crippen LogP contribution in [-0.2, 0) is 14.3 Å². The van der Waals surface area contributed by atoms with Crippen molar-refractivity contribution in [3.8, 4) is 0 Å². The number of halogens is 1. The Morgan fingerprint density at radius 2 is 2.05 bits per heavy atom. The zero-order valence-corrected chi connectivity index (χ0v) is 13.3. The number of hydrogen-bond acceptors (Lipinski definition) is 4. The quantitative estimate of drug-likeness (QED) is 0.872. The predicted molar refractivity (Wildman–Crippen MR) is 82.7 cm³/mol. The molecule has 1 aromatic carbocycles. The van der Waals surface area contributed by atoms with E-state index < -0.39 is 18.1 Å². The van der Waals surface area contributed by atoms with E-state index in [2.05, 4.69) is 5.32 Å². The fourth-order valence-electron chi connectivity index (χ4n) is 2.29. The van der Waals surface area contributed by atoms with Crippen LogP contribution in [0.5, 0.6) is 0 Å². The van der Waals surface area contributed by atoms with E-state index in [1.54, 1.807) is 45.9 Å². The number of nitrogens with one attached hydrogen (secondary N) is 1. The third-order valence-electron chi connectivity index (χ3n) is 3.28. The topological polar surface area (TPSA) is 58.6 Å². The molecular weight excluding hydrogens is 292 g/mol. The smallest absolute Gasteiger partial charge is 0.329 e. The standard InChI is InChI=1S/C15H19ClN2O3/c1-8(2)21-15(20)10(4)18-13-6-5-11(16)7-12(13)17-9(3)14(18)19/h5-10,17H,1-4H3. The minimum atomic E-state index is -0.690. The number of carbonyl (C=O) groups is 2. The molecule has 21 heavy (non-hydrogen) atoms. The Morgan fingerprint density at radius 3 is 2.67 bits per heavy atom. The van der Waals surface area contributed by atoms with Gasteiger partial charge in [0, 0.05) is 5.02 Å². The molecule has 1 amide bonds. The molecule has 0 radical (unpaired) electrons. The molecule has 1 aromatic rings. The van der Waals surface area contributed by atoms with Crippen LogP contribution >= 0.6 is 11.6 Å². The molecule has 2 rings (SSSR count). The van der Waals surface area contributed by atoms with Crippen LogP contribution in [-0.4, -0.2) is 30.1 Å². The average Bonchev–Trinajstić information content (AvgIpc) is 2.39. The molecule has 2 atom stereocenters. The Labute approximate surface area is 129 Å². The van der Waals surface area contributed by atoms with Crippen molar-refractivity contribution in [3.05, 3.63) is 23.2 Å². The van der Waals surface area contributed by atoms with E-state index in [1.165, 1.54) is 4.90 Å². The van der Waals surface area contributed by atoms with Gasteiger partial charge in [0.15, 0.2) is 0 Å². The summed E-state index contributed by atoms with van der Waals surface area (Å²) < 4.78 is 5.21. The van der Waals surface area contributed by atoms with Crippen LogP contribution in [0.15, 0.2) is 18.2 Å². The molecule has 0 saturated heterocycles. The van der Waals surface area contributed by atoms with E-state index in [0.717, 1.165) is 5.69 Å². The maximum atomic E-state index is 12.4. The van der Waals surface area contributed by atoms with Gasteiger partial charge in [0.05, 0.1) is 17.5 Å². The Kier molecular flexibility index (Phi) is 4.42. The van der Waals surface area contributed by atoms with Crippen molar-refractivity contribution >= 4 is 34.9 Å². The van der Waals surface area contributed by atoms with Gasteiger partial charge in [-0.2, -0.15) is 0 Å². The lowest BCUT2D eigenvalue weighted by molar-refractivity contribution is -0.149. The first-order valence-electron chi connectivity index (χ1n) is 6.91. The molecule has 2 unspecified atom stereocenters. The van der Waals surface area contributed by atoms with Gasteiger partial charge in [-0.3, -0.25) is 9.69 Å². The van der Waals surface area contributed by atoms with Crippen LogP contribution in [0.4, 0.5) is 11.4 Å². The number of fused-ring (bicyclic) bond motifs is 1. The third kappa shape index (κ3) is 3.13. The summed E-state index contributed by atoms with van der Waals surface area (Å²) in [5.74, 6) is -0.591. The molecule has 1 aliphatic heterocycles. The van der Waals surface area contributed by atoms with Crippen molar-refractivity contribution in [1.82, 2.24) is 0 Å². The molecule has 6 heteroatoms. The molecule has 0 aromatic heterocycles. The number of rotatable bonds is 3.